The molecule has 0 aliphatic heterocycles. The summed E-state index contributed by atoms with van der Waals surface area (Å²) in [7, 11) is 0. The third kappa shape index (κ3) is 3.15. The molecule has 0 unspecified atom stereocenters. The van der Waals surface area contributed by atoms with Crippen LogP contribution in [0.2, 0.25) is 0 Å². The lowest BCUT2D eigenvalue weighted by Gasteiger charge is -2.23. The van der Waals surface area contributed by atoms with Gasteiger partial charge in [0.25, 0.3) is 5.56 Å². The maximum Gasteiger partial charge on any atom is 0.255 e. The van der Waals surface area contributed by atoms with Gasteiger partial charge in [0.2, 0.25) is 0 Å². The zero-order valence-electron chi connectivity index (χ0n) is 12.7. The molecule has 1 aromatic carbocycles. The normalized spacial score (nSPS) is 10.7. The molecule has 0 atom stereocenters. The van der Waals surface area contributed by atoms with E-state index in [0.717, 1.165) is 5.69 Å². The van der Waals surface area contributed by atoms with E-state index >= 15 is 0 Å². The molecule has 0 bridgehead atoms. The van der Waals surface area contributed by atoms with Gasteiger partial charge in [0.05, 0.1) is 29.9 Å². The van der Waals surface area contributed by atoms with E-state index in [1.807, 2.05) is 11.8 Å². The second-order valence-corrected chi connectivity index (χ2v) is 5.14. The summed E-state index contributed by atoms with van der Waals surface area (Å²) in [6, 6.07) is 9.67. The Labute approximate surface area is 133 Å². The Morgan fingerprint density at radius 3 is 2.83 bits per heavy atom. The molecule has 1 N–H and O–H groups in total. The number of hydrogen-bond acceptors (Lipinski definition) is 3. The minimum absolute atomic E-state index is 0.190. The van der Waals surface area contributed by atoms with Crippen LogP contribution in [0.25, 0.3) is 5.69 Å². The van der Waals surface area contributed by atoms with E-state index in [0.29, 0.717) is 24.5 Å². The highest BCUT2D eigenvalue weighted by atomic mass is 19.1. The van der Waals surface area contributed by atoms with Gasteiger partial charge in [-0.15, -0.1) is 0 Å². The highest BCUT2D eigenvalue weighted by molar-refractivity contribution is 5.52. The van der Waals surface area contributed by atoms with Crippen molar-refractivity contribution in [3.05, 3.63) is 77.0 Å². The fourth-order valence-electron chi connectivity index (χ4n) is 2.49. The van der Waals surface area contributed by atoms with Crippen LogP contribution >= 0.6 is 0 Å². The number of hydrogen-bond donors (Lipinski definition) is 1. The summed E-state index contributed by atoms with van der Waals surface area (Å²) in [5.41, 5.74) is 1.73. The van der Waals surface area contributed by atoms with Crippen molar-refractivity contribution >= 4 is 5.69 Å². The number of aromatic amines is 1. The van der Waals surface area contributed by atoms with E-state index in [2.05, 4.69) is 9.97 Å². The number of benzene rings is 1. The Hall–Kier alpha value is -2.89. The largest absolute Gasteiger partial charge is 0.364 e. The SMILES string of the molecule is CCN(Cc1cnc[nH]1)c1ccc(-n2ccccc2=O)cc1F. The highest BCUT2D eigenvalue weighted by Crippen LogP contribution is 2.23. The first-order valence-corrected chi connectivity index (χ1v) is 7.39. The molecule has 118 valence electrons. The average molecular weight is 312 g/mol. The van der Waals surface area contributed by atoms with Gasteiger partial charge in [-0.2, -0.15) is 0 Å². The molecule has 0 fully saturated rings. The number of rotatable bonds is 5. The summed E-state index contributed by atoms with van der Waals surface area (Å²) in [5.74, 6) is -0.361. The third-order valence-corrected chi connectivity index (χ3v) is 3.67. The Balaban J connectivity index is 1.92. The summed E-state index contributed by atoms with van der Waals surface area (Å²) in [6.45, 7) is 3.16. The molecule has 3 rings (SSSR count). The lowest BCUT2D eigenvalue weighted by molar-refractivity contribution is 0.616. The second-order valence-electron chi connectivity index (χ2n) is 5.14. The monoisotopic (exact) mass is 312 g/mol. The fourth-order valence-corrected chi connectivity index (χ4v) is 2.49. The molecule has 2 heterocycles. The summed E-state index contributed by atoms with van der Waals surface area (Å²) in [4.78, 5) is 20.7. The summed E-state index contributed by atoms with van der Waals surface area (Å²) < 4.78 is 16.0. The van der Waals surface area contributed by atoms with Crippen LogP contribution in [0.3, 0.4) is 0 Å². The highest BCUT2D eigenvalue weighted by Gasteiger charge is 2.12. The van der Waals surface area contributed by atoms with E-state index in [-0.39, 0.29) is 11.4 Å². The van der Waals surface area contributed by atoms with Crippen LogP contribution in [0.4, 0.5) is 10.1 Å². The molecule has 2 aromatic heterocycles. The molecule has 0 amide bonds. The molecule has 6 heteroatoms. The van der Waals surface area contributed by atoms with Crippen LogP contribution < -0.4 is 10.5 Å². The summed E-state index contributed by atoms with van der Waals surface area (Å²) in [5, 5.41) is 0. The van der Waals surface area contributed by atoms with Crippen molar-refractivity contribution in [1.82, 2.24) is 14.5 Å². The zero-order chi connectivity index (χ0) is 16.2. The van der Waals surface area contributed by atoms with Gasteiger partial charge in [0.15, 0.2) is 0 Å². The predicted molar refractivity (Wildman–Crippen MR) is 87.3 cm³/mol. The summed E-state index contributed by atoms with van der Waals surface area (Å²) in [6.07, 6.45) is 4.95. The molecule has 0 radical (unpaired) electrons. The molecule has 5 nitrogen and oxygen atoms in total. The van der Waals surface area contributed by atoms with Crippen LogP contribution in [-0.2, 0) is 6.54 Å². The van der Waals surface area contributed by atoms with Crippen molar-refractivity contribution in [1.29, 1.82) is 0 Å². The fraction of sp³-hybridized carbons (Fsp3) is 0.176. The Bertz CT molecular complexity index is 842. The standard InChI is InChI=1S/C17H17FN4O/c1-2-21(11-13-10-19-12-20-13)16-7-6-14(9-15(16)18)22-8-4-3-5-17(22)23/h3-10,12H,2,11H2,1H3,(H,19,20). The van der Waals surface area contributed by atoms with E-state index in [9.17, 15) is 9.18 Å². The number of halogens is 1. The maximum absolute atomic E-state index is 14.6. The van der Waals surface area contributed by atoms with Crippen molar-refractivity contribution < 1.29 is 4.39 Å². The van der Waals surface area contributed by atoms with Crippen molar-refractivity contribution in [2.75, 3.05) is 11.4 Å². The van der Waals surface area contributed by atoms with Crippen LogP contribution in [0.15, 0.2) is 59.9 Å². The van der Waals surface area contributed by atoms with Crippen molar-refractivity contribution in [3.63, 3.8) is 0 Å². The molecule has 0 spiro atoms. The van der Waals surface area contributed by atoms with Crippen molar-refractivity contribution in [3.8, 4) is 5.69 Å². The first-order valence-electron chi connectivity index (χ1n) is 7.39. The second kappa shape index (κ2) is 6.48. The van der Waals surface area contributed by atoms with Crippen molar-refractivity contribution in [2.24, 2.45) is 0 Å². The molecule has 3 aromatic rings. The van der Waals surface area contributed by atoms with Gasteiger partial charge in [-0.25, -0.2) is 9.37 Å². The van der Waals surface area contributed by atoms with Crippen LogP contribution in [0, 0.1) is 5.82 Å². The van der Waals surface area contributed by atoms with Crippen LogP contribution in [0.1, 0.15) is 12.6 Å². The van der Waals surface area contributed by atoms with E-state index in [1.165, 1.54) is 16.7 Å². The summed E-state index contributed by atoms with van der Waals surface area (Å²) >= 11 is 0. The van der Waals surface area contributed by atoms with Gasteiger partial charge < -0.3 is 9.88 Å². The van der Waals surface area contributed by atoms with Crippen molar-refractivity contribution in [2.45, 2.75) is 13.5 Å². The number of nitrogens with one attached hydrogen (secondary N) is 1. The third-order valence-electron chi connectivity index (χ3n) is 3.67. The molecule has 0 saturated heterocycles. The lowest BCUT2D eigenvalue weighted by Crippen LogP contribution is -2.23. The van der Waals surface area contributed by atoms with Gasteiger partial charge in [0.1, 0.15) is 5.82 Å². The van der Waals surface area contributed by atoms with Gasteiger partial charge in [-0.05, 0) is 25.1 Å². The quantitative estimate of drug-likeness (QED) is 0.788. The van der Waals surface area contributed by atoms with Gasteiger partial charge in [0, 0.05) is 31.1 Å². The predicted octanol–water partition coefficient (Wildman–Crippen LogP) is 2.73. The number of imidazole rings is 1. The minimum atomic E-state index is -0.361. The Morgan fingerprint density at radius 1 is 1.30 bits per heavy atom. The Kier molecular flexibility index (Phi) is 4.23. The van der Waals surface area contributed by atoms with E-state index in [1.54, 1.807) is 43.0 Å². The van der Waals surface area contributed by atoms with E-state index < -0.39 is 0 Å². The van der Waals surface area contributed by atoms with Gasteiger partial charge >= 0.3 is 0 Å². The van der Waals surface area contributed by atoms with Crippen LogP contribution in [0.5, 0.6) is 0 Å². The number of pyridine rings is 1. The number of aromatic nitrogens is 3. The molecular formula is C17H17FN4O. The van der Waals surface area contributed by atoms with E-state index in [4.69, 9.17) is 0 Å². The topological polar surface area (TPSA) is 53.9 Å². The number of anilines is 1. The first kappa shape index (κ1) is 15.0. The number of H-pyrrole nitrogens is 1. The molecule has 0 aliphatic carbocycles. The number of nitrogens with zero attached hydrogens (tertiary/aromatic N) is 3. The minimum Gasteiger partial charge on any atom is -0.364 e. The van der Waals surface area contributed by atoms with Gasteiger partial charge in [-0.1, -0.05) is 6.07 Å². The molecule has 0 saturated carbocycles. The Morgan fingerprint density at radius 2 is 2.17 bits per heavy atom. The average Bonchev–Trinajstić information content (AvgIpc) is 3.06. The zero-order valence-corrected chi connectivity index (χ0v) is 12.7. The van der Waals surface area contributed by atoms with Crippen LogP contribution in [-0.4, -0.2) is 21.1 Å². The maximum atomic E-state index is 14.6. The lowest BCUT2D eigenvalue weighted by atomic mass is 10.2. The molecule has 23 heavy (non-hydrogen) atoms. The smallest absolute Gasteiger partial charge is 0.255 e. The molecule has 0 aliphatic rings. The first-order chi connectivity index (χ1) is 11.2. The van der Waals surface area contributed by atoms with Gasteiger partial charge in [-0.3, -0.25) is 9.36 Å². The molecular weight excluding hydrogens is 295 g/mol.